The lowest BCUT2D eigenvalue weighted by molar-refractivity contribution is -0.147. The van der Waals surface area contributed by atoms with Crippen LogP contribution in [0.25, 0.3) is 11.3 Å². The number of hydrogen-bond acceptors (Lipinski definition) is 3. The first kappa shape index (κ1) is 15.3. The van der Waals surface area contributed by atoms with Crippen LogP contribution in [0, 0.1) is 5.41 Å². The van der Waals surface area contributed by atoms with Gasteiger partial charge in [-0.25, -0.2) is 0 Å². The molecule has 0 radical (unpaired) electrons. The summed E-state index contributed by atoms with van der Waals surface area (Å²) in [5, 5.41) is 12.3. The predicted molar refractivity (Wildman–Crippen MR) is 81.9 cm³/mol. The summed E-state index contributed by atoms with van der Waals surface area (Å²) in [6.07, 6.45) is 0.578. The van der Waals surface area contributed by atoms with Gasteiger partial charge in [0.2, 0.25) is 0 Å². The van der Waals surface area contributed by atoms with Crippen molar-refractivity contribution in [3.05, 3.63) is 48.2 Å². The fraction of sp³-hybridized carbons (Fsp3) is 0.353. The van der Waals surface area contributed by atoms with Crippen molar-refractivity contribution in [2.45, 2.75) is 26.8 Å². The van der Waals surface area contributed by atoms with Crippen LogP contribution in [0.2, 0.25) is 0 Å². The molecule has 0 atom stereocenters. The maximum absolute atomic E-state index is 11.0. The molecule has 1 heterocycles. The van der Waals surface area contributed by atoms with Crippen molar-refractivity contribution in [2.24, 2.45) is 5.41 Å². The monoisotopic (exact) mass is 287 g/mol. The topological polar surface area (TPSA) is 62.5 Å². The lowest BCUT2D eigenvalue weighted by atomic mass is 9.90. The lowest BCUT2D eigenvalue weighted by Crippen LogP contribution is -2.28. The van der Waals surface area contributed by atoms with E-state index in [1.807, 2.05) is 42.5 Å². The zero-order valence-corrected chi connectivity index (χ0v) is 12.4. The molecule has 2 N–H and O–H groups in total. The second-order valence-corrected chi connectivity index (χ2v) is 5.75. The van der Waals surface area contributed by atoms with E-state index in [2.05, 4.69) is 5.32 Å². The average Bonchev–Trinajstić information content (AvgIpc) is 2.93. The molecule has 4 nitrogen and oxygen atoms in total. The first-order valence-electron chi connectivity index (χ1n) is 7.07. The predicted octanol–water partition coefficient (Wildman–Crippen LogP) is 3.54. The van der Waals surface area contributed by atoms with E-state index >= 15 is 0 Å². The minimum absolute atomic E-state index is 0.578. The number of benzene rings is 1. The van der Waals surface area contributed by atoms with Gasteiger partial charge in [0.15, 0.2) is 0 Å². The van der Waals surface area contributed by atoms with Crippen LogP contribution in [0.3, 0.4) is 0 Å². The summed E-state index contributed by atoms with van der Waals surface area (Å²) >= 11 is 0. The highest BCUT2D eigenvalue weighted by atomic mass is 16.4. The Morgan fingerprint density at radius 2 is 1.90 bits per heavy atom. The SMILES string of the molecule is CC(C)(CCNCc1ccc(-c2ccccc2)o1)C(=O)O. The number of carbonyl (C=O) groups is 1. The molecule has 0 bridgehead atoms. The molecule has 1 aromatic heterocycles. The maximum atomic E-state index is 11.0. The first-order valence-corrected chi connectivity index (χ1v) is 7.07. The van der Waals surface area contributed by atoms with Gasteiger partial charge in [0, 0.05) is 5.56 Å². The number of hydrogen-bond donors (Lipinski definition) is 2. The summed E-state index contributed by atoms with van der Waals surface area (Å²) in [6.45, 7) is 4.71. The molecular formula is C17H21NO3. The molecule has 1 aromatic carbocycles. The normalized spacial score (nSPS) is 11.5. The van der Waals surface area contributed by atoms with Crippen molar-refractivity contribution >= 4 is 5.97 Å². The van der Waals surface area contributed by atoms with Gasteiger partial charge in [0.05, 0.1) is 12.0 Å². The Labute approximate surface area is 124 Å². The number of aliphatic carboxylic acids is 1. The Kier molecular flexibility index (Phi) is 4.81. The fourth-order valence-corrected chi connectivity index (χ4v) is 1.95. The Hall–Kier alpha value is -2.07. The van der Waals surface area contributed by atoms with Gasteiger partial charge in [-0.2, -0.15) is 0 Å². The summed E-state index contributed by atoms with van der Waals surface area (Å²) in [7, 11) is 0. The maximum Gasteiger partial charge on any atom is 0.309 e. The quantitative estimate of drug-likeness (QED) is 0.765. The second-order valence-electron chi connectivity index (χ2n) is 5.75. The second kappa shape index (κ2) is 6.59. The number of rotatable bonds is 7. The van der Waals surface area contributed by atoms with Gasteiger partial charge >= 0.3 is 5.97 Å². The van der Waals surface area contributed by atoms with E-state index in [4.69, 9.17) is 9.52 Å². The fourth-order valence-electron chi connectivity index (χ4n) is 1.95. The minimum Gasteiger partial charge on any atom is -0.481 e. The van der Waals surface area contributed by atoms with E-state index in [0.717, 1.165) is 17.1 Å². The van der Waals surface area contributed by atoms with E-state index < -0.39 is 11.4 Å². The van der Waals surface area contributed by atoms with Crippen molar-refractivity contribution in [1.82, 2.24) is 5.32 Å². The van der Waals surface area contributed by atoms with Gasteiger partial charge in [-0.1, -0.05) is 30.3 Å². The van der Waals surface area contributed by atoms with Crippen LogP contribution in [0.1, 0.15) is 26.0 Å². The molecule has 0 unspecified atom stereocenters. The molecule has 0 saturated carbocycles. The number of furan rings is 1. The molecule has 2 rings (SSSR count). The Morgan fingerprint density at radius 1 is 1.19 bits per heavy atom. The van der Waals surface area contributed by atoms with Crippen molar-refractivity contribution in [3.63, 3.8) is 0 Å². The summed E-state index contributed by atoms with van der Waals surface area (Å²) in [4.78, 5) is 11.0. The van der Waals surface area contributed by atoms with Crippen LogP contribution in [-0.4, -0.2) is 17.6 Å². The summed E-state index contributed by atoms with van der Waals surface area (Å²) in [5.74, 6) is 0.925. The summed E-state index contributed by atoms with van der Waals surface area (Å²) in [5.41, 5.74) is 0.349. The van der Waals surface area contributed by atoms with Crippen molar-refractivity contribution in [1.29, 1.82) is 0 Å². The highest BCUT2D eigenvalue weighted by molar-refractivity contribution is 5.73. The lowest BCUT2D eigenvalue weighted by Gasteiger charge is -2.18. The molecule has 2 aromatic rings. The largest absolute Gasteiger partial charge is 0.481 e. The molecule has 112 valence electrons. The molecule has 0 saturated heterocycles. The molecular weight excluding hydrogens is 266 g/mol. The van der Waals surface area contributed by atoms with Crippen LogP contribution in [0.15, 0.2) is 46.9 Å². The van der Waals surface area contributed by atoms with Gasteiger partial charge in [-0.15, -0.1) is 0 Å². The molecule has 0 fully saturated rings. The number of carboxylic acid groups (broad SMARTS) is 1. The van der Waals surface area contributed by atoms with Crippen molar-refractivity contribution in [3.8, 4) is 11.3 Å². The summed E-state index contributed by atoms with van der Waals surface area (Å²) < 4.78 is 5.77. The molecule has 0 amide bonds. The van der Waals surface area contributed by atoms with Crippen LogP contribution >= 0.6 is 0 Å². The third-order valence-corrected chi connectivity index (χ3v) is 3.52. The average molecular weight is 287 g/mol. The molecule has 0 aliphatic carbocycles. The van der Waals surface area contributed by atoms with E-state index in [0.29, 0.717) is 19.5 Å². The van der Waals surface area contributed by atoms with E-state index in [9.17, 15) is 4.79 Å². The number of carboxylic acids is 1. The third kappa shape index (κ3) is 4.20. The van der Waals surface area contributed by atoms with Gasteiger partial charge in [0.1, 0.15) is 11.5 Å². The molecule has 4 heteroatoms. The molecule has 0 aliphatic rings. The summed E-state index contributed by atoms with van der Waals surface area (Å²) in [6, 6.07) is 13.8. The highest BCUT2D eigenvalue weighted by Gasteiger charge is 2.26. The minimum atomic E-state index is -0.770. The van der Waals surface area contributed by atoms with Gasteiger partial charge in [0.25, 0.3) is 0 Å². The molecule has 21 heavy (non-hydrogen) atoms. The van der Waals surface area contributed by atoms with Gasteiger partial charge in [-0.05, 0) is 38.9 Å². The van der Waals surface area contributed by atoms with E-state index in [1.165, 1.54) is 0 Å². The Morgan fingerprint density at radius 3 is 2.57 bits per heavy atom. The zero-order chi connectivity index (χ0) is 15.3. The van der Waals surface area contributed by atoms with Crippen molar-refractivity contribution < 1.29 is 14.3 Å². The molecule has 0 aliphatic heterocycles. The smallest absolute Gasteiger partial charge is 0.309 e. The third-order valence-electron chi connectivity index (χ3n) is 3.52. The Balaban J connectivity index is 1.83. The van der Waals surface area contributed by atoms with Crippen LogP contribution in [0.4, 0.5) is 0 Å². The first-order chi connectivity index (χ1) is 9.99. The van der Waals surface area contributed by atoms with E-state index in [-0.39, 0.29) is 0 Å². The standard InChI is InChI=1S/C17H21NO3/c1-17(2,16(19)20)10-11-18-12-14-8-9-15(21-14)13-6-4-3-5-7-13/h3-9,18H,10-12H2,1-2H3,(H,19,20). The molecule has 0 spiro atoms. The van der Waals surface area contributed by atoms with Crippen molar-refractivity contribution in [2.75, 3.05) is 6.54 Å². The van der Waals surface area contributed by atoms with E-state index in [1.54, 1.807) is 13.8 Å². The van der Waals surface area contributed by atoms with Gasteiger partial charge in [-0.3, -0.25) is 4.79 Å². The number of nitrogens with one attached hydrogen (secondary N) is 1. The Bertz CT molecular complexity index is 587. The zero-order valence-electron chi connectivity index (χ0n) is 12.4. The van der Waals surface area contributed by atoms with Gasteiger partial charge < -0.3 is 14.8 Å². The van der Waals surface area contributed by atoms with Crippen LogP contribution in [-0.2, 0) is 11.3 Å². The van der Waals surface area contributed by atoms with Crippen LogP contribution < -0.4 is 5.32 Å². The van der Waals surface area contributed by atoms with Crippen LogP contribution in [0.5, 0.6) is 0 Å². The highest BCUT2D eigenvalue weighted by Crippen LogP contribution is 2.22.